The molecule has 0 radical (unpaired) electrons. The van der Waals surface area contributed by atoms with Gasteiger partial charge < -0.3 is 19.7 Å². The van der Waals surface area contributed by atoms with Crippen LogP contribution in [0.3, 0.4) is 0 Å². The molecular weight excluding hydrogens is 376 g/mol. The molecule has 1 aromatic heterocycles. The number of carboxylic acid groups (broad SMARTS) is 2. The van der Waals surface area contributed by atoms with Gasteiger partial charge in [0.15, 0.2) is 5.69 Å². The normalized spacial score (nSPS) is 10.6. The molecule has 0 aliphatic heterocycles. The van der Waals surface area contributed by atoms with Gasteiger partial charge in [-0.15, -0.1) is 0 Å². The highest BCUT2D eigenvalue weighted by Crippen LogP contribution is 2.40. The largest absolute Gasteiger partial charge is 0.496 e. The van der Waals surface area contributed by atoms with E-state index in [0.29, 0.717) is 39.6 Å². The predicted octanol–water partition coefficient (Wildman–Crippen LogP) is 3.57. The van der Waals surface area contributed by atoms with Crippen molar-refractivity contribution in [3.05, 3.63) is 58.8 Å². The Morgan fingerprint density at radius 3 is 2.07 bits per heavy atom. The zero-order chi connectivity index (χ0) is 21.3. The van der Waals surface area contributed by atoms with Crippen LogP contribution in [0.1, 0.15) is 32.0 Å². The molecule has 2 N–H and O–H groups in total. The summed E-state index contributed by atoms with van der Waals surface area (Å²) in [7, 11) is 3.02. The van der Waals surface area contributed by atoms with Crippen molar-refractivity contribution < 1.29 is 29.3 Å². The van der Waals surface area contributed by atoms with Crippen LogP contribution in [0.25, 0.3) is 16.9 Å². The van der Waals surface area contributed by atoms with E-state index in [4.69, 9.17) is 9.47 Å². The van der Waals surface area contributed by atoms with Crippen LogP contribution in [0.5, 0.6) is 11.5 Å². The quantitative estimate of drug-likeness (QED) is 0.655. The van der Waals surface area contributed by atoms with Gasteiger partial charge in [-0.1, -0.05) is 6.07 Å². The smallest absolute Gasteiger partial charge is 0.356 e. The summed E-state index contributed by atoms with van der Waals surface area (Å²) in [6, 6.07) is 9.75. The molecule has 0 fully saturated rings. The van der Waals surface area contributed by atoms with Crippen LogP contribution < -0.4 is 9.47 Å². The van der Waals surface area contributed by atoms with Crippen molar-refractivity contribution in [2.24, 2.45) is 0 Å². The van der Waals surface area contributed by atoms with Gasteiger partial charge in [-0.05, 0) is 55.3 Å². The summed E-state index contributed by atoms with van der Waals surface area (Å²) in [6.07, 6.45) is 0. The fourth-order valence-electron chi connectivity index (χ4n) is 3.22. The maximum absolute atomic E-state index is 11.6. The van der Waals surface area contributed by atoms with Crippen molar-refractivity contribution in [2.45, 2.75) is 13.8 Å². The molecule has 0 aliphatic carbocycles. The van der Waals surface area contributed by atoms with E-state index in [0.717, 1.165) is 0 Å². The van der Waals surface area contributed by atoms with Gasteiger partial charge in [0.1, 0.15) is 11.5 Å². The van der Waals surface area contributed by atoms with E-state index >= 15 is 0 Å². The Morgan fingerprint density at radius 1 is 0.931 bits per heavy atom. The average Bonchev–Trinajstić information content (AvgIpc) is 3.13. The van der Waals surface area contributed by atoms with Gasteiger partial charge in [0.2, 0.25) is 0 Å². The summed E-state index contributed by atoms with van der Waals surface area (Å²) in [5, 5.41) is 23.1. The molecule has 3 rings (SSSR count). The van der Waals surface area contributed by atoms with Crippen LogP contribution in [0.15, 0.2) is 36.4 Å². The molecule has 0 amide bonds. The number of aromatic carboxylic acids is 2. The van der Waals surface area contributed by atoms with Crippen molar-refractivity contribution in [3.8, 4) is 28.4 Å². The van der Waals surface area contributed by atoms with Crippen molar-refractivity contribution >= 4 is 11.9 Å². The molecule has 3 aromatic rings. The zero-order valence-electron chi connectivity index (χ0n) is 16.4. The molecule has 0 spiro atoms. The van der Waals surface area contributed by atoms with Crippen LogP contribution in [0, 0.1) is 13.8 Å². The van der Waals surface area contributed by atoms with Gasteiger partial charge in [0.05, 0.1) is 36.7 Å². The highest BCUT2D eigenvalue weighted by molar-refractivity contribution is 5.91. The highest BCUT2D eigenvalue weighted by atomic mass is 16.5. The first kappa shape index (κ1) is 19.9. The molecule has 29 heavy (non-hydrogen) atoms. The molecule has 8 heteroatoms. The second kappa shape index (κ2) is 7.67. The number of ether oxygens (including phenoxy) is 2. The standard InChI is InChI=1S/C21H20N2O6/c1-11-12(2)15(9-8-13(11)20(24)25)23-16(10-14(22-23)21(26)27)19-17(28-3)6-5-7-18(19)29-4/h5-10H,1-4H3,(H,24,25)(H,26,27). The van der Waals surface area contributed by atoms with Crippen molar-refractivity contribution in [1.82, 2.24) is 9.78 Å². The lowest BCUT2D eigenvalue weighted by Gasteiger charge is -2.17. The van der Waals surface area contributed by atoms with Crippen LogP contribution in [0.4, 0.5) is 0 Å². The lowest BCUT2D eigenvalue weighted by atomic mass is 10.0. The minimum Gasteiger partial charge on any atom is -0.496 e. The third kappa shape index (κ3) is 3.40. The minimum absolute atomic E-state index is 0.160. The Kier molecular flexibility index (Phi) is 5.27. The minimum atomic E-state index is -1.18. The Labute approximate surface area is 166 Å². The van der Waals surface area contributed by atoms with E-state index in [2.05, 4.69) is 5.10 Å². The number of hydrogen-bond donors (Lipinski definition) is 2. The van der Waals surface area contributed by atoms with Crippen molar-refractivity contribution in [1.29, 1.82) is 0 Å². The molecule has 0 bridgehead atoms. The van der Waals surface area contributed by atoms with E-state index in [1.54, 1.807) is 38.1 Å². The number of methoxy groups -OCH3 is 2. The first-order chi connectivity index (χ1) is 13.8. The third-order valence-corrected chi connectivity index (χ3v) is 4.83. The summed E-state index contributed by atoms with van der Waals surface area (Å²) >= 11 is 0. The van der Waals surface area contributed by atoms with Crippen LogP contribution in [-0.4, -0.2) is 46.2 Å². The molecule has 0 saturated heterocycles. The molecule has 0 atom stereocenters. The first-order valence-corrected chi connectivity index (χ1v) is 8.68. The monoisotopic (exact) mass is 396 g/mol. The van der Waals surface area contributed by atoms with E-state index in [1.165, 1.54) is 31.0 Å². The molecule has 0 aliphatic rings. The van der Waals surface area contributed by atoms with Crippen LogP contribution in [-0.2, 0) is 0 Å². The highest BCUT2D eigenvalue weighted by Gasteiger charge is 2.23. The van der Waals surface area contributed by atoms with Gasteiger partial charge in [0.25, 0.3) is 0 Å². The second-order valence-corrected chi connectivity index (χ2v) is 6.36. The van der Waals surface area contributed by atoms with E-state index in [9.17, 15) is 19.8 Å². The predicted molar refractivity (Wildman–Crippen MR) is 105 cm³/mol. The van der Waals surface area contributed by atoms with Crippen molar-refractivity contribution in [3.63, 3.8) is 0 Å². The summed E-state index contributed by atoms with van der Waals surface area (Å²) < 4.78 is 12.4. The first-order valence-electron chi connectivity index (χ1n) is 8.68. The number of carboxylic acids is 2. The molecule has 2 aromatic carbocycles. The number of benzene rings is 2. The fourth-order valence-corrected chi connectivity index (χ4v) is 3.22. The maximum atomic E-state index is 11.6. The van der Waals surface area contributed by atoms with E-state index in [1.807, 2.05) is 0 Å². The van der Waals surface area contributed by atoms with Crippen molar-refractivity contribution in [2.75, 3.05) is 14.2 Å². The summed E-state index contributed by atoms with van der Waals surface area (Å²) in [4.78, 5) is 23.1. The van der Waals surface area contributed by atoms with E-state index in [-0.39, 0.29) is 11.3 Å². The summed E-state index contributed by atoms with van der Waals surface area (Å²) in [5.74, 6) is -1.25. The average molecular weight is 396 g/mol. The molecule has 150 valence electrons. The lowest BCUT2D eigenvalue weighted by molar-refractivity contribution is 0.0682. The Bertz CT molecular complexity index is 1090. The summed E-state index contributed by atoms with van der Waals surface area (Å²) in [6.45, 7) is 3.47. The van der Waals surface area contributed by atoms with Gasteiger partial charge in [-0.2, -0.15) is 5.10 Å². The molecule has 8 nitrogen and oxygen atoms in total. The van der Waals surface area contributed by atoms with Crippen LogP contribution in [0.2, 0.25) is 0 Å². The molecular formula is C21H20N2O6. The van der Waals surface area contributed by atoms with E-state index < -0.39 is 11.9 Å². The lowest BCUT2D eigenvalue weighted by Crippen LogP contribution is -2.08. The summed E-state index contributed by atoms with van der Waals surface area (Å²) in [5.41, 5.74) is 2.79. The number of nitrogens with zero attached hydrogens (tertiary/aromatic N) is 2. The number of carbonyl (C=O) groups is 2. The second-order valence-electron chi connectivity index (χ2n) is 6.36. The SMILES string of the molecule is COc1cccc(OC)c1-c1cc(C(=O)O)nn1-c1ccc(C(=O)O)c(C)c1C. The van der Waals surface area contributed by atoms with Gasteiger partial charge in [-0.3, -0.25) is 0 Å². The Morgan fingerprint density at radius 2 is 1.55 bits per heavy atom. The zero-order valence-corrected chi connectivity index (χ0v) is 16.4. The van der Waals surface area contributed by atoms with Crippen LogP contribution >= 0.6 is 0 Å². The number of rotatable bonds is 6. The Hall–Kier alpha value is -3.81. The fraction of sp³-hybridized carbons (Fsp3) is 0.190. The Balaban J connectivity index is 2.36. The van der Waals surface area contributed by atoms with Gasteiger partial charge in [0, 0.05) is 0 Å². The third-order valence-electron chi connectivity index (χ3n) is 4.83. The maximum Gasteiger partial charge on any atom is 0.356 e. The molecule has 1 heterocycles. The number of hydrogen-bond acceptors (Lipinski definition) is 5. The number of aromatic nitrogens is 2. The van der Waals surface area contributed by atoms with Gasteiger partial charge in [-0.25, -0.2) is 14.3 Å². The molecule has 0 unspecified atom stereocenters. The van der Waals surface area contributed by atoms with Gasteiger partial charge >= 0.3 is 11.9 Å². The topological polar surface area (TPSA) is 111 Å². The molecule has 0 saturated carbocycles.